The number of hydrogen-bond donors (Lipinski definition) is 3. The molecule has 2 aromatic heterocycles. The summed E-state index contributed by atoms with van der Waals surface area (Å²) in [4.78, 5) is 35.7. The summed E-state index contributed by atoms with van der Waals surface area (Å²) in [6.07, 6.45) is 0.975. The van der Waals surface area contributed by atoms with Crippen LogP contribution >= 0.6 is 11.3 Å². The van der Waals surface area contributed by atoms with E-state index in [9.17, 15) is 14.7 Å². The van der Waals surface area contributed by atoms with E-state index in [4.69, 9.17) is 23.7 Å². The van der Waals surface area contributed by atoms with Crippen molar-refractivity contribution in [3.8, 4) is 17.0 Å². The van der Waals surface area contributed by atoms with E-state index in [0.29, 0.717) is 19.0 Å². The van der Waals surface area contributed by atoms with Crippen LogP contribution in [-0.4, -0.2) is 76.6 Å². The van der Waals surface area contributed by atoms with Crippen LogP contribution in [0.2, 0.25) is 0 Å². The van der Waals surface area contributed by atoms with Crippen molar-refractivity contribution >= 4 is 23.5 Å². The van der Waals surface area contributed by atoms with E-state index in [1.165, 1.54) is 11.3 Å². The number of hydrogen-bond acceptors (Lipinski definition) is 12. The summed E-state index contributed by atoms with van der Waals surface area (Å²) < 4.78 is 28.5. The Morgan fingerprint density at radius 2 is 1.71 bits per heavy atom. The van der Waals surface area contributed by atoms with E-state index in [-0.39, 0.29) is 44.9 Å². The summed E-state index contributed by atoms with van der Waals surface area (Å²) in [6, 6.07) is 30.1. The van der Waals surface area contributed by atoms with Gasteiger partial charge in [0, 0.05) is 31.0 Å². The van der Waals surface area contributed by atoms with E-state index in [1.807, 2.05) is 97.1 Å². The molecule has 13 nitrogen and oxygen atoms in total. The highest BCUT2D eigenvalue weighted by Gasteiger charge is 2.44. The van der Waals surface area contributed by atoms with Crippen molar-refractivity contribution in [3.05, 3.63) is 137 Å². The molecule has 4 heterocycles. The van der Waals surface area contributed by atoms with Gasteiger partial charge in [-0.05, 0) is 53.8 Å². The van der Waals surface area contributed by atoms with Crippen LogP contribution in [0.15, 0.2) is 115 Å². The van der Waals surface area contributed by atoms with Gasteiger partial charge >= 0.3 is 12.2 Å². The minimum absolute atomic E-state index is 0.0442. The third-order valence-corrected chi connectivity index (χ3v) is 10.2. The van der Waals surface area contributed by atoms with Gasteiger partial charge in [0.15, 0.2) is 6.29 Å². The van der Waals surface area contributed by atoms with Crippen LogP contribution in [0.1, 0.15) is 28.0 Å². The molecule has 0 spiro atoms. The molecule has 0 aliphatic carbocycles. The van der Waals surface area contributed by atoms with Crippen molar-refractivity contribution in [1.82, 2.24) is 25.7 Å². The second-order valence-corrected chi connectivity index (χ2v) is 14.3. The number of thiazole rings is 1. The first-order valence-corrected chi connectivity index (χ1v) is 19.0. The molecule has 0 unspecified atom stereocenters. The Morgan fingerprint density at radius 3 is 2.47 bits per heavy atom. The van der Waals surface area contributed by atoms with Crippen LogP contribution < -0.4 is 15.5 Å². The predicted octanol–water partition coefficient (Wildman–Crippen LogP) is 5.89. The van der Waals surface area contributed by atoms with Crippen molar-refractivity contribution in [1.29, 1.82) is 0 Å². The molecule has 2 amide bonds. The highest BCUT2D eigenvalue weighted by Crippen LogP contribution is 2.33. The molecule has 5 aromatic rings. The van der Waals surface area contributed by atoms with Crippen molar-refractivity contribution < 1.29 is 38.4 Å². The number of hydrazine groups is 1. The van der Waals surface area contributed by atoms with Gasteiger partial charge in [0.2, 0.25) is 0 Å². The fourth-order valence-corrected chi connectivity index (χ4v) is 7.03. The highest BCUT2D eigenvalue weighted by atomic mass is 32.1. The molecule has 2 saturated heterocycles. The molecule has 0 saturated carbocycles. The number of rotatable bonds is 16. The van der Waals surface area contributed by atoms with Crippen molar-refractivity contribution in [2.45, 2.75) is 57.1 Å². The number of aromatic nitrogens is 2. The molecular formula is C41H43N5O8S. The van der Waals surface area contributed by atoms with Crippen molar-refractivity contribution in [3.63, 3.8) is 0 Å². The fraction of sp³-hybridized carbons (Fsp3) is 0.317. The van der Waals surface area contributed by atoms with E-state index < -0.39 is 30.4 Å². The maximum atomic E-state index is 13.4. The quantitative estimate of drug-likeness (QED) is 0.103. The monoisotopic (exact) mass is 765 g/mol. The van der Waals surface area contributed by atoms with E-state index in [2.05, 4.69) is 20.7 Å². The topological polar surface area (TPSA) is 154 Å². The number of fused-ring (bicyclic) bond motifs is 1. The SMILES string of the molecule is O=C(NN(Cc1ccc(-c2ccccn2)cc1)C[C@H](O)[C@H](Cc1ccc(OCc2ccccc2)cc1)NC(=O)O[C@H]1CO[C@H]2OCC[C@H]21)OCc1cncs1. The third-order valence-electron chi connectivity index (χ3n) is 9.41. The summed E-state index contributed by atoms with van der Waals surface area (Å²) in [7, 11) is 0. The van der Waals surface area contributed by atoms with Crippen LogP contribution in [0.3, 0.4) is 0 Å². The molecular weight excluding hydrogens is 723 g/mol. The molecule has 3 aromatic carbocycles. The van der Waals surface area contributed by atoms with Crippen LogP contribution in [-0.2, 0) is 45.1 Å². The molecule has 286 valence electrons. The second kappa shape index (κ2) is 18.8. The summed E-state index contributed by atoms with van der Waals surface area (Å²) in [5, 5.41) is 16.3. The van der Waals surface area contributed by atoms with E-state index in [1.54, 1.807) is 22.9 Å². The third kappa shape index (κ3) is 10.9. The van der Waals surface area contributed by atoms with Gasteiger partial charge in [-0.2, -0.15) is 0 Å². The maximum Gasteiger partial charge on any atom is 0.422 e. The summed E-state index contributed by atoms with van der Waals surface area (Å²) in [5.41, 5.74) is 8.99. The number of carbonyl (C=O) groups excluding carboxylic acids is 2. The molecule has 3 N–H and O–H groups in total. The largest absolute Gasteiger partial charge is 0.489 e. The Morgan fingerprint density at radius 1 is 0.909 bits per heavy atom. The molecule has 7 rings (SSSR count). The number of carbonyl (C=O) groups is 2. The average Bonchev–Trinajstić information content (AvgIpc) is 3.99. The van der Waals surface area contributed by atoms with E-state index in [0.717, 1.165) is 39.2 Å². The number of nitrogens with zero attached hydrogens (tertiary/aromatic N) is 3. The Labute approximate surface area is 323 Å². The lowest BCUT2D eigenvalue weighted by molar-refractivity contribution is -0.0907. The Balaban J connectivity index is 1.05. The first-order valence-electron chi connectivity index (χ1n) is 18.2. The number of nitrogens with one attached hydrogen (secondary N) is 2. The number of ether oxygens (including phenoxy) is 5. The van der Waals surface area contributed by atoms with Crippen LogP contribution in [0.5, 0.6) is 5.75 Å². The van der Waals surface area contributed by atoms with Gasteiger partial charge in [0.25, 0.3) is 0 Å². The van der Waals surface area contributed by atoms with E-state index >= 15 is 0 Å². The molecule has 0 radical (unpaired) electrons. The molecule has 2 aliphatic heterocycles. The van der Waals surface area contributed by atoms with Crippen molar-refractivity contribution in [2.75, 3.05) is 19.8 Å². The van der Waals surface area contributed by atoms with Gasteiger partial charge in [-0.1, -0.05) is 72.8 Å². The summed E-state index contributed by atoms with van der Waals surface area (Å²) in [5.74, 6) is 0.644. The number of aliphatic hydroxyl groups excluding tert-OH is 1. The van der Waals surface area contributed by atoms with Gasteiger partial charge in [-0.15, -0.1) is 11.3 Å². The normalized spacial score (nSPS) is 18.6. The molecule has 2 fully saturated rings. The first-order chi connectivity index (χ1) is 26.9. The molecule has 2 aliphatic rings. The Kier molecular flexibility index (Phi) is 12.9. The zero-order valence-electron chi connectivity index (χ0n) is 30.1. The Hall–Kier alpha value is -5.38. The lowest BCUT2D eigenvalue weighted by Crippen LogP contribution is -2.53. The number of benzene rings is 3. The number of alkyl carbamates (subject to hydrolysis) is 1. The Bertz CT molecular complexity index is 1940. The number of amides is 2. The lowest BCUT2D eigenvalue weighted by atomic mass is 10.0. The predicted molar refractivity (Wildman–Crippen MR) is 203 cm³/mol. The average molecular weight is 766 g/mol. The fourth-order valence-electron chi connectivity index (χ4n) is 6.52. The first kappa shape index (κ1) is 37.9. The van der Waals surface area contributed by atoms with Gasteiger partial charge in [-0.25, -0.2) is 14.6 Å². The minimum atomic E-state index is -1.17. The second-order valence-electron chi connectivity index (χ2n) is 13.4. The summed E-state index contributed by atoms with van der Waals surface area (Å²) in [6.45, 7) is 1.41. The zero-order chi connectivity index (χ0) is 37.8. The maximum absolute atomic E-state index is 13.4. The summed E-state index contributed by atoms with van der Waals surface area (Å²) >= 11 is 1.38. The van der Waals surface area contributed by atoms with Crippen molar-refractivity contribution in [2.24, 2.45) is 5.92 Å². The lowest BCUT2D eigenvalue weighted by Gasteiger charge is -2.30. The smallest absolute Gasteiger partial charge is 0.422 e. The van der Waals surface area contributed by atoms with Crippen LogP contribution in [0.4, 0.5) is 9.59 Å². The molecule has 5 atom stereocenters. The van der Waals surface area contributed by atoms with Gasteiger partial charge in [0.1, 0.15) is 25.1 Å². The molecule has 0 bridgehead atoms. The molecule has 14 heteroatoms. The van der Waals surface area contributed by atoms with Crippen LogP contribution in [0.25, 0.3) is 11.3 Å². The number of aliphatic hydroxyl groups is 1. The zero-order valence-corrected chi connectivity index (χ0v) is 30.9. The van der Waals surface area contributed by atoms with Gasteiger partial charge in [0.05, 0.1) is 47.4 Å². The minimum Gasteiger partial charge on any atom is -0.489 e. The highest BCUT2D eigenvalue weighted by molar-refractivity contribution is 7.09. The number of pyridine rings is 1. The molecule has 55 heavy (non-hydrogen) atoms. The van der Waals surface area contributed by atoms with Gasteiger partial charge in [-0.3, -0.25) is 15.4 Å². The van der Waals surface area contributed by atoms with Crippen LogP contribution in [0, 0.1) is 5.92 Å². The van der Waals surface area contributed by atoms with Gasteiger partial charge < -0.3 is 34.1 Å². The standard InChI is InChI=1S/C41H43N5O8S/c47-37(23-46(45-41(49)53-25-33-21-42-27-55-33)22-29-9-13-31(14-10-29)35-8-4-5-18-43-35)36(44-40(48)54-38-26-52-39-34(38)17-19-50-39)20-28-11-15-32(16-12-28)51-24-30-6-2-1-3-7-30/h1-16,18,21,27,34,36-39,47H,17,19-20,22-26H2,(H,44,48)(H,45,49)/t34-,36-,37-,38-,39+/m0/s1.